The van der Waals surface area contributed by atoms with E-state index in [2.05, 4.69) is 6.92 Å². The second kappa shape index (κ2) is 11.7. The van der Waals surface area contributed by atoms with Gasteiger partial charge in [-0.3, -0.25) is 0 Å². The third kappa shape index (κ3) is 10.7. The monoisotopic (exact) mass is 218 g/mol. The molecule has 0 saturated carbocycles. The molecule has 3 heteroatoms. The topological polar surface area (TPSA) is 0 Å². The van der Waals surface area contributed by atoms with E-state index in [0.717, 1.165) is 0 Å². The van der Waals surface area contributed by atoms with Crippen LogP contribution in [0.5, 0.6) is 0 Å². The van der Waals surface area contributed by atoms with E-state index >= 15 is 0 Å². The Morgan fingerprint density at radius 3 is 2.08 bits per heavy atom. The van der Waals surface area contributed by atoms with E-state index in [0.29, 0.717) is 17.6 Å². The quantitative estimate of drug-likeness (QED) is 0.395. The van der Waals surface area contributed by atoms with Gasteiger partial charge in [-0.1, -0.05) is 57.9 Å². The van der Waals surface area contributed by atoms with Crippen molar-refractivity contribution >= 4 is 27.4 Å². The molecule has 0 aromatic carbocycles. The largest absolute Gasteiger partial charge is 0.0655 e. The molecule has 0 radical (unpaired) electrons. The smallest absolute Gasteiger partial charge is 0.00460 e. The summed E-state index contributed by atoms with van der Waals surface area (Å²) < 4.78 is 0. The maximum Gasteiger partial charge on any atom is 0.00460 e. The van der Waals surface area contributed by atoms with Crippen molar-refractivity contribution in [1.82, 2.24) is 0 Å². The van der Waals surface area contributed by atoms with Crippen molar-refractivity contribution in [1.29, 1.82) is 0 Å². The van der Waals surface area contributed by atoms with Gasteiger partial charge in [-0.2, -0.15) is 0 Å². The summed E-state index contributed by atoms with van der Waals surface area (Å²) in [7, 11) is 2.83. The molecule has 0 amide bonds. The van der Waals surface area contributed by atoms with Crippen LogP contribution in [-0.4, -0.2) is 27.4 Å². The van der Waals surface area contributed by atoms with Crippen LogP contribution >= 0.6 is 0 Å². The molecule has 0 nitrogen and oxygen atoms in total. The van der Waals surface area contributed by atoms with Gasteiger partial charge in [0.25, 0.3) is 0 Å². The summed E-state index contributed by atoms with van der Waals surface area (Å²) in [4.78, 5) is 0. The van der Waals surface area contributed by atoms with E-state index in [4.69, 9.17) is 0 Å². The maximum absolute atomic E-state index is 2.29. The predicted molar refractivity (Wildman–Crippen MR) is 69.8 cm³/mol. The summed E-state index contributed by atoms with van der Waals surface area (Å²) in [5.74, 6) is 0. The van der Waals surface area contributed by atoms with Crippen LogP contribution in [0.25, 0.3) is 0 Å². The van der Waals surface area contributed by atoms with Crippen molar-refractivity contribution in [3.8, 4) is 0 Å². The highest BCUT2D eigenvalue weighted by Gasteiger charge is 1.90. The second-order valence-electron chi connectivity index (χ2n) is 3.83. The minimum atomic E-state index is 0.578. The maximum atomic E-state index is 2.29. The molecular weight excluding hydrogens is 192 g/mol. The summed E-state index contributed by atoms with van der Waals surface area (Å²) in [6, 6.07) is 1.70. The Morgan fingerprint density at radius 2 is 1.50 bits per heavy atom. The number of unbranched alkanes of at least 4 members (excludes halogenated alkanes) is 6. The first-order valence-electron chi connectivity index (χ1n) is 5.91. The van der Waals surface area contributed by atoms with Crippen LogP contribution in [0.15, 0.2) is 0 Å². The third-order valence-corrected chi connectivity index (χ3v) is 14.1. The molecule has 0 bridgehead atoms. The van der Waals surface area contributed by atoms with Crippen LogP contribution in [-0.2, 0) is 0 Å². The molecule has 0 rings (SSSR count). The minimum absolute atomic E-state index is 0.578. The van der Waals surface area contributed by atoms with Gasteiger partial charge >= 0.3 is 0 Å². The molecule has 0 spiro atoms. The van der Waals surface area contributed by atoms with E-state index < -0.39 is 0 Å². The van der Waals surface area contributed by atoms with Gasteiger partial charge in [0, 0.05) is 9.04 Å². The zero-order valence-electron chi connectivity index (χ0n) is 9.07. The van der Waals surface area contributed by atoms with Crippen molar-refractivity contribution in [2.24, 2.45) is 0 Å². The van der Waals surface area contributed by atoms with Crippen LogP contribution in [0.4, 0.5) is 0 Å². The number of rotatable bonds is 9. The van der Waals surface area contributed by atoms with Gasteiger partial charge in [0.05, 0.1) is 0 Å². The molecule has 0 aliphatic carbocycles. The SMILES string of the molecule is CCCCCCCCC[SiH2][SiH2][SiH3]. The second-order valence-corrected chi connectivity index (χ2v) is 20.4. The normalized spacial score (nSPS) is 12.8. The Labute approximate surface area is 85.6 Å². The molecule has 74 valence electrons. The molecule has 0 fully saturated rings. The number of hydrogen-bond acceptors (Lipinski definition) is 0. The highest BCUT2D eigenvalue weighted by atomic mass is 29.5. The lowest BCUT2D eigenvalue weighted by molar-refractivity contribution is 0.602. The molecule has 0 aromatic heterocycles. The minimum Gasteiger partial charge on any atom is -0.0655 e. The van der Waals surface area contributed by atoms with E-state index in [1.165, 1.54) is 32.1 Å². The van der Waals surface area contributed by atoms with Gasteiger partial charge in [-0.05, 0) is 18.3 Å². The highest BCUT2D eigenvalue weighted by molar-refractivity contribution is 7.23. The van der Waals surface area contributed by atoms with Gasteiger partial charge in [0.1, 0.15) is 0 Å². The van der Waals surface area contributed by atoms with Crippen LogP contribution in [0.3, 0.4) is 0 Å². The summed E-state index contributed by atoms with van der Waals surface area (Å²) >= 11 is 0. The van der Waals surface area contributed by atoms with Crippen molar-refractivity contribution in [2.75, 3.05) is 0 Å². The highest BCUT2D eigenvalue weighted by Crippen LogP contribution is 2.07. The Morgan fingerprint density at radius 1 is 0.917 bits per heavy atom. The van der Waals surface area contributed by atoms with Crippen LogP contribution in [0, 0.1) is 0 Å². The van der Waals surface area contributed by atoms with Crippen LogP contribution in [0.2, 0.25) is 6.04 Å². The first-order chi connectivity index (χ1) is 5.91. The van der Waals surface area contributed by atoms with Gasteiger partial charge in [-0.25, -0.2) is 0 Å². The van der Waals surface area contributed by atoms with Crippen LogP contribution < -0.4 is 0 Å². The fourth-order valence-corrected chi connectivity index (χ4v) is 9.83. The average molecular weight is 219 g/mol. The molecule has 0 atom stereocenters. The summed E-state index contributed by atoms with van der Waals surface area (Å²) in [6.07, 6.45) is 10.5. The van der Waals surface area contributed by atoms with E-state index in [1.807, 2.05) is 0 Å². The standard InChI is InChI=1S/C9H26Si3/c1-2-3-4-5-6-7-8-9-11-12-10/h2-9,11-12H2,1,10H3. The molecule has 12 heavy (non-hydrogen) atoms. The Bertz CT molecular complexity index is 66.2. The predicted octanol–water partition coefficient (Wildman–Crippen LogP) is 0.688. The molecule has 0 saturated heterocycles. The van der Waals surface area contributed by atoms with Gasteiger partial charge in [-0.15, -0.1) is 0 Å². The third-order valence-electron chi connectivity index (χ3n) is 2.46. The van der Waals surface area contributed by atoms with Gasteiger partial charge in [0.2, 0.25) is 0 Å². The average Bonchev–Trinajstić information content (AvgIpc) is 2.10. The molecule has 0 heterocycles. The summed E-state index contributed by atoms with van der Waals surface area (Å²) in [5.41, 5.74) is 0. The first kappa shape index (κ1) is 12.7. The lowest BCUT2D eigenvalue weighted by atomic mass is 10.1. The molecular formula is C9H26Si3. The molecule has 0 aliphatic rings. The van der Waals surface area contributed by atoms with E-state index in [1.54, 1.807) is 28.6 Å². The van der Waals surface area contributed by atoms with E-state index in [9.17, 15) is 0 Å². The van der Waals surface area contributed by atoms with Crippen molar-refractivity contribution < 1.29 is 0 Å². The fraction of sp³-hybridized carbons (Fsp3) is 1.00. The van der Waals surface area contributed by atoms with Crippen molar-refractivity contribution in [2.45, 2.75) is 57.9 Å². The Kier molecular flexibility index (Phi) is 12.3. The first-order valence-corrected chi connectivity index (χ1v) is 16.6. The molecule has 0 aromatic rings. The zero-order valence-corrected chi connectivity index (χ0v) is 13.9. The van der Waals surface area contributed by atoms with Crippen molar-refractivity contribution in [3.05, 3.63) is 0 Å². The molecule has 0 aliphatic heterocycles. The van der Waals surface area contributed by atoms with Crippen molar-refractivity contribution in [3.63, 3.8) is 0 Å². The van der Waals surface area contributed by atoms with E-state index in [-0.39, 0.29) is 0 Å². The lowest BCUT2D eigenvalue weighted by Crippen LogP contribution is -2.01. The van der Waals surface area contributed by atoms with Gasteiger partial charge < -0.3 is 0 Å². The summed E-state index contributed by atoms with van der Waals surface area (Å²) in [5, 5.41) is 0. The summed E-state index contributed by atoms with van der Waals surface area (Å²) in [6.45, 7) is 2.29. The Balaban J connectivity index is 2.73. The molecule has 0 unspecified atom stereocenters. The zero-order chi connectivity index (χ0) is 9.07. The molecule has 0 N–H and O–H groups in total. The Hall–Kier alpha value is 0.651. The van der Waals surface area contributed by atoms with Gasteiger partial charge in [0.15, 0.2) is 0 Å². The van der Waals surface area contributed by atoms with Crippen LogP contribution in [0.1, 0.15) is 51.9 Å². The lowest BCUT2D eigenvalue weighted by Gasteiger charge is -1.99. The number of hydrogen-bond donors (Lipinski definition) is 0. The fourth-order valence-electron chi connectivity index (χ4n) is 1.56.